The monoisotopic (exact) mass is 340 g/mol. The molecule has 0 saturated carbocycles. The van der Waals surface area contributed by atoms with Crippen LogP contribution in [-0.4, -0.2) is 21.7 Å². The number of hydrogen-bond acceptors (Lipinski definition) is 5. The van der Waals surface area contributed by atoms with Crippen LogP contribution in [0, 0.1) is 15.5 Å². The van der Waals surface area contributed by atoms with Gasteiger partial charge in [0.15, 0.2) is 0 Å². The number of rotatable bonds is 3. The minimum atomic E-state index is -0.650. The third-order valence-corrected chi connectivity index (χ3v) is 4.10. The molecular formula is C17H16N4O4. The fraction of sp³-hybridized carbons (Fsp3) is 0.235. The van der Waals surface area contributed by atoms with Crippen LogP contribution in [-0.2, 0) is 11.2 Å². The summed E-state index contributed by atoms with van der Waals surface area (Å²) in [7, 11) is 0. The summed E-state index contributed by atoms with van der Waals surface area (Å²) < 4.78 is 0. The summed E-state index contributed by atoms with van der Waals surface area (Å²) in [5.41, 5.74) is 0.631. The average Bonchev–Trinajstić information content (AvgIpc) is 2.56. The quantitative estimate of drug-likeness (QED) is 0.658. The Kier molecular flexibility index (Phi) is 3.96. The van der Waals surface area contributed by atoms with E-state index in [1.807, 2.05) is 0 Å². The summed E-state index contributed by atoms with van der Waals surface area (Å²) >= 11 is 0. The van der Waals surface area contributed by atoms with Crippen LogP contribution in [0.4, 0.5) is 17.1 Å². The van der Waals surface area contributed by atoms with E-state index in [9.17, 15) is 19.7 Å². The Bertz CT molecular complexity index is 878. The van der Waals surface area contributed by atoms with Gasteiger partial charge in [0.25, 0.3) is 11.6 Å². The van der Waals surface area contributed by atoms with Crippen molar-refractivity contribution in [3.05, 3.63) is 57.9 Å². The largest absolute Gasteiger partial charge is 0.325 e. The van der Waals surface area contributed by atoms with Crippen LogP contribution in [0.2, 0.25) is 0 Å². The van der Waals surface area contributed by atoms with E-state index in [0.29, 0.717) is 23.2 Å². The van der Waals surface area contributed by atoms with Crippen molar-refractivity contribution in [3.63, 3.8) is 0 Å². The zero-order valence-corrected chi connectivity index (χ0v) is 13.7. The number of carbonyl (C=O) groups is 2. The lowest BCUT2D eigenvalue weighted by Crippen LogP contribution is -2.37. The molecule has 8 nitrogen and oxygen atoms in total. The molecule has 2 aromatic rings. The van der Waals surface area contributed by atoms with Crippen molar-refractivity contribution in [1.29, 1.82) is 0 Å². The zero-order valence-electron chi connectivity index (χ0n) is 13.7. The van der Waals surface area contributed by atoms with Gasteiger partial charge in [-0.15, -0.1) is 0 Å². The standard InChI is InChI=1S/C17H16N4O4/c1-17(2)9-11-7-14(21(24)25)13(8-12(11)20-16(17)23)19-15(22)10-3-5-18-6-4-10/h3-8H,9H2,1-2H3,(H,19,22)(H,20,23). The molecule has 1 aliphatic rings. The Balaban J connectivity index is 1.99. The van der Waals surface area contributed by atoms with Crippen molar-refractivity contribution in [2.75, 3.05) is 10.6 Å². The van der Waals surface area contributed by atoms with E-state index >= 15 is 0 Å². The number of nitro benzene ring substituents is 1. The van der Waals surface area contributed by atoms with E-state index in [4.69, 9.17) is 0 Å². The molecule has 2 N–H and O–H groups in total. The fourth-order valence-corrected chi connectivity index (χ4v) is 2.69. The molecular weight excluding hydrogens is 324 g/mol. The van der Waals surface area contributed by atoms with Crippen LogP contribution < -0.4 is 10.6 Å². The minimum Gasteiger partial charge on any atom is -0.325 e. The summed E-state index contributed by atoms with van der Waals surface area (Å²) in [5, 5.41) is 16.7. The van der Waals surface area contributed by atoms with E-state index < -0.39 is 16.2 Å². The molecule has 0 saturated heterocycles. The fourth-order valence-electron chi connectivity index (χ4n) is 2.69. The maximum Gasteiger partial charge on any atom is 0.293 e. The summed E-state index contributed by atoms with van der Waals surface area (Å²) in [6, 6.07) is 5.84. The number of pyridine rings is 1. The Labute approximate surface area is 143 Å². The van der Waals surface area contributed by atoms with E-state index in [0.717, 1.165) is 0 Å². The first-order valence-corrected chi connectivity index (χ1v) is 7.62. The Morgan fingerprint density at radius 2 is 2.00 bits per heavy atom. The third kappa shape index (κ3) is 3.18. The third-order valence-electron chi connectivity index (χ3n) is 4.10. The first-order valence-electron chi connectivity index (χ1n) is 7.62. The first-order chi connectivity index (χ1) is 11.8. The molecule has 0 fully saturated rings. The second-order valence-corrected chi connectivity index (χ2v) is 6.49. The number of fused-ring (bicyclic) bond motifs is 1. The SMILES string of the molecule is CC1(C)Cc2cc([N+](=O)[O-])c(NC(=O)c3ccncc3)cc2NC1=O. The lowest BCUT2D eigenvalue weighted by molar-refractivity contribution is -0.384. The van der Waals surface area contributed by atoms with Gasteiger partial charge in [-0.2, -0.15) is 0 Å². The number of nitro groups is 1. The van der Waals surface area contributed by atoms with Crippen molar-refractivity contribution < 1.29 is 14.5 Å². The first kappa shape index (κ1) is 16.6. The number of benzene rings is 1. The van der Waals surface area contributed by atoms with Gasteiger partial charge >= 0.3 is 0 Å². The highest BCUT2D eigenvalue weighted by Gasteiger charge is 2.35. The van der Waals surface area contributed by atoms with Gasteiger partial charge in [-0.05, 0) is 30.2 Å². The Morgan fingerprint density at radius 1 is 1.32 bits per heavy atom. The lowest BCUT2D eigenvalue weighted by atomic mass is 9.81. The molecule has 3 rings (SSSR count). The van der Waals surface area contributed by atoms with E-state index in [1.165, 1.54) is 36.7 Å². The van der Waals surface area contributed by atoms with Gasteiger partial charge in [0.2, 0.25) is 5.91 Å². The lowest BCUT2D eigenvalue weighted by Gasteiger charge is -2.30. The van der Waals surface area contributed by atoms with Gasteiger partial charge in [0.1, 0.15) is 5.69 Å². The molecule has 0 unspecified atom stereocenters. The molecule has 1 aromatic carbocycles. The molecule has 0 radical (unpaired) electrons. The highest BCUT2D eigenvalue weighted by molar-refractivity contribution is 6.06. The highest BCUT2D eigenvalue weighted by atomic mass is 16.6. The number of nitrogens with zero attached hydrogens (tertiary/aromatic N) is 2. The van der Waals surface area contributed by atoms with Crippen molar-refractivity contribution in [3.8, 4) is 0 Å². The molecule has 2 heterocycles. The van der Waals surface area contributed by atoms with Gasteiger partial charge in [-0.1, -0.05) is 13.8 Å². The molecule has 8 heteroatoms. The second kappa shape index (κ2) is 5.97. The van der Waals surface area contributed by atoms with Gasteiger partial charge in [-0.25, -0.2) is 0 Å². The second-order valence-electron chi connectivity index (χ2n) is 6.49. The van der Waals surface area contributed by atoms with Crippen molar-refractivity contribution in [2.24, 2.45) is 5.41 Å². The Morgan fingerprint density at radius 3 is 2.64 bits per heavy atom. The number of amides is 2. The van der Waals surface area contributed by atoms with Gasteiger partial charge in [0, 0.05) is 35.1 Å². The van der Waals surface area contributed by atoms with Gasteiger partial charge < -0.3 is 10.6 Å². The van der Waals surface area contributed by atoms with Crippen LogP contribution in [0.1, 0.15) is 29.8 Å². The van der Waals surface area contributed by atoms with E-state index in [-0.39, 0.29) is 17.3 Å². The normalized spacial score (nSPS) is 15.0. The minimum absolute atomic E-state index is 0.0329. The van der Waals surface area contributed by atoms with Crippen molar-refractivity contribution in [1.82, 2.24) is 4.98 Å². The molecule has 0 aliphatic carbocycles. The van der Waals surface area contributed by atoms with Gasteiger partial charge in [0.05, 0.1) is 4.92 Å². The van der Waals surface area contributed by atoms with E-state index in [1.54, 1.807) is 13.8 Å². The summed E-state index contributed by atoms with van der Waals surface area (Å²) in [6.45, 7) is 3.55. The number of aromatic nitrogens is 1. The summed E-state index contributed by atoms with van der Waals surface area (Å²) in [5.74, 6) is -0.659. The summed E-state index contributed by atoms with van der Waals surface area (Å²) in [4.78, 5) is 39.1. The van der Waals surface area contributed by atoms with E-state index in [2.05, 4.69) is 15.6 Å². The molecule has 1 aliphatic heterocycles. The molecule has 0 atom stereocenters. The predicted octanol–water partition coefficient (Wildman–Crippen LogP) is 2.76. The zero-order chi connectivity index (χ0) is 18.2. The topological polar surface area (TPSA) is 114 Å². The van der Waals surface area contributed by atoms with Gasteiger partial charge in [-0.3, -0.25) is 24.7 Å². The molecule has 0 spiro atoms. The van der Waals surface area contributed by atoms with Crippen molar-refractivity contribution in [2.45, 2.75) is 20.3 Å². The van der Waals surface area contributed by atoms with Crippen LogP contribution in [0.25, 0.3) is 0 Å². The van der Waals surface area contributed by atoms with Crippen LogP contribution >= 0.6 is 0 Å². The maximum atomic E-state index is 12.3. The summed E-state index contributed by atoms with van der Waals surface area (Å²) in [6.07, 6.45) is 3.30. The molecule has 128 valence electrons. The van der Waals surface area contributed by atoms with Crippen LogP contribution in [0.3, 0.4) is 0 Å². The average molecular weight is 340 g/mol. The number of nitrogens with one attached hydrogen (secondary N) is 2. The number of hydrogen-bond donors (Lipinski definition) is 2. The predicted molar refractivity (Wildman–Crippen MR) is 91.4 cm³/mol. The van der Waals surface area contributed by atoms with Crippen LogP contribution in [0.15, 0.2) is 36.7 Å². The van der Waals surface area contributed by atoms with Crippen molar-refractivity contribution >= 4 is 28.9 Å². The Hall–Kier alpha value is -3.29. The smallest absolute Gasteiger partial charge is 0.293 e. The molecule has 2 amide bonds. The number of carbonyl (C=O) groups excluding carboxylic acids is 2. The molecule has 25 heavy (non-hydrogen) atoms. The van der Waals surface area contributed by atoms with Crippen LogP contribution in [0.5, 0.6) is 0 Å². The molecule has 1 aromatic heterocycles. The maximum absolute atomic E-state index is 12.3. The molecule has 0 bridgehead atoms. The number of anilines is 2. The highest BCUT2D eigenvalue weighted by Crippen LogP contribution is 2.39.